The van der Waals surface area contributed by atoms with Gasteiger partial charge in [-0.3, -0.25) is 4.68 Å². The third-order valence-electron chi connectivity index (χ3n) is 2.01. The van der Waals surface area contributed by atoms with Crippen LogP contribution in [0.1, 0.15) is 32.2 Å². The zero-order valence-corrected chi connectivity index (χ0v) is 13.4. The molecule has 5 nitrogen and oxygen atoms in total. The van der Waals surface area contributed by atoms with E-state index in [1.165, 1.54) is 0 Å². The van der Waals surface area contributed by atoms with Gasteiger partial charge in [0.1, 0.15) is 0 Å². The maximum absolute atomic E-state index is 5.77. The number of guanidine groups is 1. The van der Waals surface area contributed by atoms with E-state index in [1.807, 2.05) is 45.5 Å². The van der Waals surface area contributed by atoms with E-state index in [0.717, 1.165) is 11.4 Å². The Morgan fingerprint density at radius 1 is 1.53 bits per heavy atom. The lowest BCUT2D eigenvalue weighted by Gasteiger charge is -2.20. The molecule has 1 heterocycles. The fourth-order valence-electron chi connectivity index (χ4n) is 1.40. The Hall–Kier alpha value is -0.790. The predicted molar refractivity (Wildman–Crippen MR) is 81.6 cm³/mol. The maximum Gasteiger partial charge on any atom is 0.189 e. The van der Waals surface area contributed by atoms with Gasteiger partial charge in [0.25, 0.3) is 0 Å². The second kappa shape index (κ2) is 6.23. The highest BCUT2D eigenvalue weighted by Gasteiger charge is 2.09. The third kappa shape index (κ3) is 5.90. The monoisotopic (exact) mass is 351 g/mol. The largest absolute Gasteiger partial charge is 0.370 e. The third-order valence-corrected chi connectivity index (χ3v) is 2.01. The van der Waals surface area contributed by atoms with Crippen LogP contribution in [0.3, 0.4) is 0 Å². The van der Waals surface area contributed by atoms with Gasteiger partial charge in [0.2, 0.25) is 0 Å². The van der Waals surface area contributed by atoms with Crippen LogP contribution in [0.2, 0.25) is 0 Å². The lowest BCUT2D eigenvalue weighted by Crippen LogP contribution is -2.45. The van der Waals surface area contributed by atoms with E-state index >= 15 is 0 Å². The first kappa shape index (κ1) is 16.2. The summed E-state index contributed by atoms with van der Waals surface area (Å²) < 4.78 is 1.82. The summed E-state index contributed by atoms with van der Waals surface area (Å²) in [6.45, 7) is 8.65. The predicted octanol–water partition coefficient (Wildman–Crippen LogP) is 1.55. The molecule has 0 amide bonds. The minimum atomic E-state index is -0.0596. The van der Waals surface area contributed by atoms with Gasteiger partial charge >= 0.3 is 0 Å². The van der Waals surface area contributed by atoms with Gasteiger partial charge in [0.05, 0.1) is 17.9 Å². The van der Waals surface area contributed by atoms with E-state index in [2.05, 4.69) is 15.4 Å². The van der Waals surface area contributed by atoms with Crippen molar-refractivity contribution < 1.29 is 0 Å². The topological polar surface area (TPSA) is 68.2 Å². The highest BCUT2D eigenvalue weighted by molar-refractivity contribution is 14.0. The molecular weight excluding hydrogens is 329 g/mol. The highest BCUT2D eigenvalue weighted by atomic mass is 127. The van der Waals surface area contributed by atoms with Crippen molar-refractivity contribution in [3.05, 3.63) is 17.5 Å². The first-order chi connectivity index (χ1) is 7.28. The number of hydrogen-bond donors (Lipinski definition) is 2. The molecule has 17 heavy (non-hydrogen) atoms. The number of halogens is 1. The number of rotatable bonds is 2. The Bertz CT molecular complexity index is 389. The molecule has 0 spiro atoms. The van der Waals surface area contributed by atoms with Crippen LogP contribution in [-0.4, -0.2) is 21.3 Å². The average molecular weight is 351 g/mol. The second-order valence-corrected chi connectivity index (χ2v) is 4.98. The molecule has 0 atom stereocenters. The van der Waals surface area contributed by atoms with Crippen molar-refractivity contribution in [1.82, 2.24) is 15.1 Å². The molecule has 0 aromatic carbocycles. The molecule has 1 rings (SSSR count). The van der Waals surface area contributed by atoms with E-state index in [9.17, 15) is 0 Å². The van der Waals surface area contributed by atoms with Gasteiger partial charge in [-0.15, -0.1) is 24.0 Å². The van der Waals surface area contributed by atoms with Gasteiger partial charge in [0, 0.05) is 12.6 Å². The molecule has 1 aromatic heterocycles. The standard InChI is InChI=1S/C11H21N5.HI/c1-8-6-9(16(5)15-8)7-13-10(12)14-11(2,3)4;/h6H,7H2,1-5H3,(H3,12,13,14);1H. The molecule has 0 fully saturated rings. The molecular formula is C11H22IN5. The van der Waals surface area contributed by atoms with Crippen molar-refractivity contribution >= 4 is 29.9 Å². The van der Waals surface area contributed by atoms with Crippen LogP contribution in [0.15, 0.2) is 11.1 Å². The molecule has 0 aliphatic heterocycles. The first-order valence-electron chi connectivity index (χ1n) is 5.35. The van der Waals surface area contributed by atoms with Gasteiger partial charge in [-0.1, -0.05) is 0 Å². The van der Waals surface area contributed by atoms with Crippen LogP contribution in [-0.2, 0) is 13.6 Å². The van der Waals surface area contributed by atoms with Crippen LogP contribution in [0.4, 0.5) is 0 Å². The van der Waals surface area contributed by atoms with Crippen molar-refractivity contribution in [3.8, 4) is 0 Å². The Labute approximate surface area is 120 Å². The lowest BCUT2D eigenvalue weighted by molar-refractivity contribution is 0.508. The minimum Gasteiger partial charge on any atom is -0.370 e. The van der Waals surface area contributed by atoms with Gasteiger partial charge in [0.15, 0.2) is 5.96 Å². The number of aliphatic imine (C=N–C) groups is 1. The normalized spacial score (nSPS) is 12.2. The number of hydrogen-bond acceptors (Lipinski definition) is 2. The van der Waals surface area contributed by atoms with Crippen molar-refractivity contribution in [2.45, 2.75) is 39.8 Å². The number of aryl methyl sites for hydroxylation is 2. The van der Waals surface area contributed by atoms with Gasteiger partial charge in [-0.2, -0.15) is 5.10 Å². The summed E-state index contributed by atoms with van der Waals surface area (Å²) in [5.74, 6) is 0.464. The summed E-state index contributed by atoms with van der Waals surface area (Å²) >= 11 is 0. The zero-order chi connectivity index (χ0) is 12.3. The average Bonchev–Trinajstić information content (AvgIpc) is 2.38. The first-order valence-corrected chi connectivity index (χ1v) is 5.35. The quantitative estimate of drug-likeness (QED) is 0.483. The van der Waals surface area contributed by atoms with Crippen LogP contribution in [0.5, 0.6) is 0 Å². The van der Waals surface area contributed by atoms with Crippen LogP contribution in [0.25, 0.3) is 0 Å². The fourth-order valence-corrected chi connectivity index (χ4v) is 1.40. The molecule has 1 aromatic rings. The Kier molecular flexibility index (Phi) is 5.94. The summed E-state index contributed by atoms with van der Waals surface area (Å²) in [7, 11) is 1.91. The van der Waals surface area contributed by atoms with Gasteiger partial charge < -0.3 is 11.1 Å². The minimum absolute atomic E-state index is 0. The van der Waals surface area contributed by atoms with Crippen LogP contribution >= 0.6 is 24.0 Å². The number of nitrogens with one attached hydrogen (secondary N) is 1. The van der Waals surface area contributed by atoms with Gasteiger partial charge in [-0.05, 0) is 33.8 Å². The molecule has 0 saturated heterocycles. The summed E-state index contributed by atoms with van der Waals surface area (Å²) in [5, 5.41) is 7.36. The Morgan fingerprint density at radius 3 is 2.53 bits per heavy atom. The summed E-state index contributed by atoms with van der Waals surface area (Å²) in [5.41, 5.74) is 7.76. The van der Waals surface area contributed by atoms with Crippen molar-refractivity contribution in [1.29, 1.82) is 0 Å². The summed E-state index contributed by atoms with van der Waals surface area (Å²) in [6.07, 6.45) is 0. The van der Waals surface area contributed by atoms with E-state index < -0.39 is 0 Å². The highest BCUT2D eigenvalue weighted by Crippen LogP contribution is 2.03. The van der Waals surface area contributed by atoms with Crippen LogP contribution in [0, 0.1) is 6.92 Å². The molecule has 0 saturated carbocycles. The number of nitrogens with zero attached hydrogens (tertiary/aromatic N) is 3. The molecule has 0 aliphatic rings. The van der Waals surface area contributed by atoms with E-state index in [0.29, 0.717) is 12.5 Å². The molecule has 0 bridgehead atoms. The number of nitrogens with two attached hydrogens (primary N) is 1. The Morgan fingerprint density at radius 2 is 2.12 bits per heavy atom. The van der Waals surface area contributed by atoms with Crippen molar-refractivity contribution in [3.63, 3.8) is 0 Å². The van der Waals surface area contributed by atoms with Gasteiger partial charge in [-0.25, -0.2) is 4.99 Å². The van der Waals surface area contributed by atoms with E-state index in [1.54, 1.807) is 0 Å². The zero-order valence-electron chi connectivity index (χ0n) is 11.1. The van der Waals surface area contributed by atoms with E-state index in [4.69, 9.17) is 5.73 Å². The lowest BCUT2D eigenvalue weighted by atomic mass is 10.1. The second-order valence-electron chi connectivity index (χ2n) is 4.98. The molecule has 0 unspecified atom stereocenters. The molecule has 0 aliphatic carbocycles. The van der Waals surface area contributed by atoms with Crippen molar-refractivity contribution in [2.24, 2.45) is 17.8 Å². The maximum atomic E-state index is 5.77. The van der Waals surface area contributed by atoms with Crippen LogP contribution < -0.4 is 11.1 Å². The fraction of sp³-hybridized carbons (Fsp3) is 0.636. The SMILES string of the molecule is Cc1cc(CN=C(N)NC(C)(C)C)n(C)n1.I. The summed E-state index contributed by atoms with van der Waals surface area (Å²) in [4.78, 5) is 4.28. The number of aromatic nitrogens is 2. The smallest absolute Gasteiger partial charge is 0.189 e. The molecule has 3 N–H and O–H groups in total. The molecule has 6 heteroatoms. The van der Waals surface area contributed by atoms with E-state index in [-0.39, 0.29) is 29.5 Å². The summed E-state index contributed by atoms with van der Waals surface area (Å²) in [6, 6.07) is 2.01. The molecule has 98 valence electrons. The van der Waals surface area contributed by atoms with Crippen molar-refractivity contribution in [2.75, 3.05) is 0 Å². The Balaban J connectivity index is 0.00000256. The molecule has 0 radical (unpaired) electrons.